The van der Waals surface area contributed by atoms with Crippen molar-refractivity contribution in [3.05, 3.63) is 52.0 Å². The van der Waals surface area contributed by atoms with E-state index in [1.165, 1.54) is 0 Å². The molecule has 0 aliphatic heterocycles. The summed E-state index contributed by atoms with van der Waals surface area (Å²) in [6.45, 7) is 7.82. The first-order valence-electron chi connectivity index (χ1n) is 7.62. The first kappa shape index (κ1) is 18.6. The molecule has 128 valence electrons. The lowest BCUT2D eigenvalue weighted by atomic mass is 9.85. The molecule has 0 unspecified atom stereocenters. The number of amides is 1. The minimum Gasteiger partial charge on any atom is -0.482 e. The minimum absolute atomic E-state index is 0.176. The van der Waals surface area contributed by atoms with Crippen molar-refractivity contribution in [1.82, 2.24) is 5.43 Å². The summed E-state index contributed by atoms with van der Waals surface area (Å²) in [5.41, 5.74) is 5.60. The first-order chi connectivity index (χ1) is 11.4. The van der Waals surface area contributed by atoms with Crippen molar-refractivity contribution in [2.45, 2.75) is 26.7 Å². The monoisotopic (exact) mass is 366 g/mol. The Morgan fingerprint density at radius 1 is 1.46 bits per heavy atom. The highest BCUT2D eigenvalue weighted by Crippen LogP contribution is 2.28. The maximum atomic E-state index is 11.9. The highest BCUT2D eigenvalue weighted by Gasteiger charge is 2.18. The fourth-order valence-electron chi connectivity index (χ4n) is 2.32. The van der Waals surface area contributed by atoms with Crippen LogP contribution in [-0.2, 0) is 4.79 Å². The van der Waals surface area contributed by atoms with Crippen molar-refractivity contribution in [3.63, 3.8) is 0 Å². The second-order valence-corrected chi connectivity index (χ2v) is 6.67. The van der Waals surface area contributed by atoms with Crippen molar-refractivity contribution in [1.29, 1.82) is 0 Å². The van der Waals surface area contributed by atoms with Crippen LogP contribution in [0.25, 0.3) is 0 Å². The third-order valence-corrected chi connectivity index (χ3v) is 4.40. The molecule has 0 spiro atoms. The Balaban J connectivity index is 1.91. The molecular weight excluding hydrogens is 347 g/mol. The molecular formula is C18H20Cl2N2O2. The molecule has 0 fully saturated rings. The number of benzene rings is 1. The highest BCUT2D eigenvalue weighted by molar-refractivity contribution is 6.35. The van der Waals surface area contributed by atoms with E-state index in [9.17, 15) is 4.79 Å². The summed E-state index contributed by atoms with van der Waals surface area (Å²) in [6, 6.07) is 4.83. The van der Waals surface area contributed by atoms with E-state index < -0.39 is 0 Å². The van der Waals surface area contributed by atoms with E-state index in [1.54, 1.807) is 18.2 Å². The van der Waals surface area contributed by atoms with E-state index in [1.807, 2.05) is 13.8 Å². The van der Waals surface area contributed by atoms with Crippen LogP contribution >= 0.6 is 23.2 Å². The van der Waals surface area contributed by atoms with Gasteiger partial charge in [0, 0.05) is 5.02 Å². The summed E-state index contributed by atoms with van der Waals surface area (Å²) in [5.74, 6) is 0.423. The standard InChI is InChI=1S/C18H20Cl2N2O2/c1-11(2)13-5-4-12(3)16(8-13)21-22-18(23)10-24-17-7-6-14(19)9-15(17)20/h4,6-7,9,13H,1,5,8,10H2,2-3H3,(H,22,23)/b21-16-/t13-/m1/s1. The SMILES string of the molecule is C=C(C)[C@@H]1CC=C(C)/C(=N\NC(=O)COc2ccc(Cl)cc2Cl)C1. The highest BCUT2D eigenvalue weighted by atomic mass is 35.5. The lowest BCUT2D eigenvalue weighted by Gasteiger charge is -2.22. The largest absolute Gasteiger partial charge is 0.482 e. The van der Waals surface area contributed by atoms with E-state index in [4.69, 9.17) is 27.9 Å². The predicted molar refractivity (Wildman–Crippen MR) is 98.8 cm³/mol. The van der Waals surface area contributed by atoms with Crippen molar-refractivity contribution >= 4 is 34.8 Å². The molecule has 6 heteroatoms. The average Bonchev–Trinajstić information content (AvgIpc) is 2.53. The van der Waals surface area contributed by atoms with Gasteiger partial charge in [0.05, 0.1) is 10.7 Å². The van der Waals surface area contributed by atoms with E-state index in [2.05, 4.69) is 23.2 Å². The number of carbonyl (C=O) groups excluding carboxylic acids is 1. The zero-order valence-electron chi connectivity index (χ0n) is 13.7. The quantitative estimate of drug-likeness (QED) is 0.602. The lowest BCUT2D eigenvalue weighted by Crippen LogP contribution is -2.27. The number of nitrogens with one attached hydrogen (secondary N) is 1. The van der Waals surface area contributed by atoms with Crippen LogP contribution in [0, 0.1) is 5.92 Å². The summed E-state index contributed by atoms with van der Waals surface area (Å²) in [4.78, 5) is 11.9. The molecule has 0 heterocycles. The smallest absolute Gasteiger partial charge is 0.277 e. The van der Waals surface area contributed by atoms with E-state index >= 15 is 0 Å². The van der Waals surface area contributed by atoms with Crippen LogP contribution < -0.4 is 10.2 Å². The summed E-state index contributed by atoms with van der Waals surface area (Å²) < 4.78 is 5.38. The van der Waals surface area contributed by atoms with Gasteiger partial charge in [-0.2, -0.15) is 5.10 Å². The van der Waals surface area contributed by atoms with Crippen LogP contribution in [0.2, 0.25) is 10.0 Å². The normalized spacial score (nSPS) is 18.9. The van der Waals surface area contributed by atoms with Crippen LogP contribution in [0.3, 0.4) is 0 Å². The zero-order chi connectivity index (χ0) is 17.7. The van der Waals surface area contributed by atoms with Gasteiger partial charge in [-0.05, 0) is 56.4 Å². The number of carbonyl (C=O) groups is 1. The Bertz CT molecular complexity index is 711. The molecule has 1 atom stereocenters. The van der Waals surface area contributed by atoms with Gasteiger partial charge in [0.15, 0.2) is 6.61 Å². The Morgan fingerprint density at radius 2 is 2.21 bits per heavy atom. The molecule has 1 aliphatic carbocycles. The van der Waals surface area contributed by atoms with Gasteiger partial charge in [-0.25, -0.2) is 5.43 Å². The van der Waals surface area contributed by atoms with Gasteiger partial charge < -0.3 is 4.74 Å². The number of rotatable bonds is 5. The Kier molecular flexibility index (Phi) is 6.46. The fourth-order valence-corrected chi connectivity index (χ4v) is 2.78. The second-order valence-electron chi connectivity index (χ2n) is 5.83. The number of hydrogen-bond donors (Lipinski definition) is 1. The van der Waals surface area contributed by atoms with E-state index in [-0.39, 0.29) is 12.5 Å². The molecule has 1 aliphatic rings. The summed E-state index contributed by atoms with van der Waals surface area (Å²) in [5, 5.41) is 5.09. The third kappa shape index (κ3) is 5.11. The van der Waals surface area contributed by atoms with Crippen molar-refractivity contribution < 1.29 is 9.53 Å². The second kappa shape index (κ2) is 8.36. The maximum Gasteiger partial charge on any atom is 0.277 e. The first-order valence-corrected chi connectivity index (χ1v) is 8.38. The Morgan fingerprint density at radius 3 is 2.88 bits per heavy atom. The molecule has 0 bridgehead atoms. The van der Waals surface area contributed by atoms with Crippen molar-refractivity contribution in [2.75, 3.05) is 6.61 Å². The molecule has 4 nitrogen and oxygen atoms in total. The van der Waals surface area contributed by atoms with Crippen molar-refractivity contribution in [3.8, 4) is 5.75 Å². The van der Waals surface area contributed by atoms with E-state index in [0.29, 0.717) is 21.7 Å². The minimum atomic E-state index is -0.348. The molecule has 1 amide bonds. The summed E-state index contributed by atoms with van der Waals surface area (Å²) in [6.07, 6.45) is 3.87. The molecule has 0 radical (unpaired) electrons. The lowest BCUT2D eigenvalue weighted by molar-refractivity contribution is -0.123. The predicted octanol–water partition coefficient (Wildman–Crippen LogP) is 4.78. The number of hydrogen-bond acceptors (Lipinski definition) is 3. The summed E-state index contributed by atoms with van der Waals surface area (Å²) >= 11 is 11.8. The van der Waals surface area contributed by atoms with Crippen LogP contribution in [0.4, 0.5) is 0 Å². The average molecular weight is 367 g/mol. The molecule has 0 aromatic heterocycles. The van der Waals surface area contributed by atoms with Gasteiger partial charge in [0.25, 0.3) is 5.91 Å². The van der Waals surface area contributed by atoms with Gasteiger partial charge in [-0.1, -0.05) is 41.4 Å². The Hall–Kier alpha value is -1.78. The molecule has 1 aromatic rings. The number of ether oxygens (including phenoxy) is 1. The molecule has 0 saturated carbocycles. The molecule has 1 N–H and O–H groups in total. The zero-order valence-corrected chi connectivity index (χ0v) is 15.2. The van der Waals surface area contributed by atoms with Crippen LogP contribution in [-0.4, -0.2) is 18.2 Å². The van der Waals surface area contributed by atoms with Gasteiger partial charge in [-0.3, -0.25) is 4.79 Å². The van der Waals surface area contributed by atoms with Crippen LogP contribution in [0.1, 0.15) is 26.7 Å². The van der Waals surface area contributed by atoms with Gasteiger partial charge >= 0.3 is 0 Å². The van der Waals surface area contributed by atoms with E-state index in [0.717, 1.165) is 29.7 Å². The molecule has 1 aromatic carbocycles. The maximum absolute atomic E-state index is 11.9. The molecule has 2 rings (SSSR count). The summed E-state index contributed by atoms with van der Waals surface area (Å²) in [7, 11) is 0. The number of allylic oxidation sites excluding steroid dienone is 3. The molecule has 24 heavy (non-hydrogen) atoms. The van der Waals surface area contributed by atoms with Gasteiger partial charge in [0.1, 0.15) is 5.75 Å². The fraction of sp³-hybridized carbons (Fsp3) is 0.333. The van der Waals surface area contributed by atoms with Gasteiger partial charge in [0.2, 0.25) is 0 Å². The number of nitrogens with zero attached hydrogens (tertiary/aromatic N) is 1. The van der Waals surface area contributed by atoms with Crippen molar-refractivity contribution in [2.24, 2.45) is 11.0 Å². The van der Waals surface area contributed by atoms with Crippen LogP contribution in [0.5, 0.6) is 5.75 Å². The van der Waals surface area contributed by atoms with Crippen LogP contribution in [0.15, 0.2) is 47.1 Å². The third-order valence-electron chi connectivity index (χ3n) is 3.87. The van der Waals surface area contributed by atoms with Gasteiger partial charge in [-0.15, -0.1) is 0 Å². The molecule has 0 saturated heterocycles. The topological polar surface area (TPSA) is 50.7 Å². The Labute approximate surface area is 152 Å². The number of hydrazone groups is 1. The number of halogens is 2.